The normalized spacial score (nSPS) is 12.6. The molecule has 0 aliphatic heterocycles. The zero-order chi connectivity index (χ0) is 11.4. The summed E-state index contributed by atoms with van der Waals surface area (Å²) in [5.74, 6) is 0.918. The molecule has 0 fully saturated rings. The number of thiazole rings is 1. The Morgan fingerprint density at radius 3 is 2.75 bits per heavy atom. The van der Waals surface area contributed by atoms with Crippen molar-refractivity contribution in [2.45, 2.75) is 23.6 Å². The molecule has 0 saturated heterocycles. The van der Waals surface area contributed by atoms with E-state index in [1.165, 1.54) is 4.90 Å². The Labute approximate surface area is 104 Å². The lowest BCUT2D eigenvalue weighted by molar-refractivity contribution is 0.835. The minimum Gasteiger partial charge on any atom is -0.323 e. The second-order valence-electron chi connectivity index (χ2n) is 3.55. The zero-order valence-electron chi connectivity index (χ0n) is 9.09. The smallest absolute Gasteiger partial charge is 0.103 e. The largest absolute Gasteiger partial charge is 0.323 e. The van der Waals surface area contributed by atoms with Crippen molar-refractivity contribution in [3.8, 4) is 0 Å². The molecule has 1 unspecified atom stereocenters. The molecular formula is C12H14N2S2. The van der Waals surface area contributed by atoms with Crippen LogP contribution in [0.5, 0.6) is 0 Å². The molecule has 1 aromatic heterocycles. The van der Waals surface area contributed by atoms with Gasteiger partial charge in [-0.2, -0.15) is 0 Å². The van der Waals surface area contributed by atoms with Crippen LogP contribution in [0.25, 0.3) is 0 Å². The van der Waals surface area contributed by atoms with Crippen LogP contribution in [0.2, 0.25) is 0 Å². The minimum absolute atomic E-state index is 0.0907. The van der Waals surface area contributed by atoms with Crippen LogP contribution in [0.15, 0.2) is 41.4 Å². The summed E-state index contributed by atoms with van der Waals surface area (Å²) in [5.41, 5.74) is 5.80. The molecule has 0 spiro atoms. The Kier molecular flexibility index (Phi) is 3.98. The molecule has 84 valence electrons. The van der Waals surface area contributed by atoms with E-state index in [1.807, 2.05) is 19.2 Å². The fourth-order valence-corrected chi connectivity index (χ4v) is 3.06. The minimum atomic E-state index is 0.0907. The Morgan fingerprint density at radius 1 is 1.38 bits per heavy atom. The predicted molar refractivity (Wildman–Crippen MR) is 70.7 cm³/mol. The summed E-state index contributed by atoms with van der Waals surface area (Å²) in [7, 11) is 0. The van der Waals surface area contributed by atoms with Gasteiger partial charge in [0.05, 0.1) is 5.75 Å². The lowest BCUT2D eigenvalue weighted by atomic mass is 10.3. The van der Waals surface area contributed by atoms with E-state index >= 15 is 0 Å². The number of aromatic nitrogens is 1. The Morgan fingerprint density at radius 2 is 2.12 bits per heavy atom. The molecule has 0 saturated carbocycles. The van der Waals surface area contributed by atoms with Gasteiger partial charge in [0.25, 0.3) is 0 Å². The lowest BCUT2D eigenvalue weighted by Gasteiger charge is -1.98. The molecule has 16 heavy (non-hydrogen) atoms. The van der Waals surface area contributed by atoms with Crippen LogP contribution < -0.4 is 5.73 Å². The van der Waals surface area contributed by atoms with Crippen molar-refractivity contribution in [2.24, 2.45) is 5.73 Å². The van der Waals surface area contributed by atoms with Gasteiger partial charge in [0, 0.05) is 22.0 Å². The topological polar surface area (TPSA) is 38.9 Å². The molecule has 4 heteroatoms. The number of hydrogen-bond acceptors (Lipinski definition) is 4. The molecule has 0 amide bonds. The quantitative estimate of drug-likeness (QED) is 0.845. The number of thioether (sulfide) groups is 1. The second-order valence-corrected chi connectivity index (χ2v) is 5.74. The summed E-state index contributed by atoms with van der Waals surface area (Å²) in [4.78, 5) is 6.80. The molecule has 0 bridgehead atoms. The van der Waals surface area contributed by atoms with Gasteiger partial charge in [0.15, 0.2) is 0 Å². The van der Waals surface area contributed by atoms with Crippen LogP contribution in [0, 0.1) is 0 Å². The van der Waals surface area contributed by atoms with Crippen molar-refractivity contribution in [1.82, 2.24) is 4.98 Å². The van der Waals surface area contributed by atoms with Crippen LogP contribution in [0.3, 0.4) is 0 Å². The van der Waals surface area contributed by atoms with Gasteiger partial charge in [0.1, 0.15) is 5.01 Å². The molecule has 2 aromatic rings. The molecule has 0 aliphatic rings. The number of nitrogens with zero attached hydrogens (tertiary/aromatic N) is 1. The lowest BCUT2D eigenvalue weighted by Crippen LogP contribution is -2.01. The van der Waals surface area contributed by atoms with Gasteiger partial charge >= 0.3 is 0 Å². The Balaban J connectivity index is 1.95. The predicted octanol–water partition coefficient (Wildman–Crippen LogP) is 3.46. The highest BCUT2D eigenvalue weighted by atomic mass is 32.2. The number of benzene rings is 1. The molecule has 2 rings (SSSR count). The maximum atomic E-state index is 5.80. The summed E-state index contributed by atoms with van der Waals surface area (Å²) in [6.07, 6.45) is 1.89. The van der Waals surface area contributed by atoms with Gasteiger partial charge in [-0.3, -0.25) is 0 Å². The molecule has 1 aromatic carbocycles. The highest BCUT2D eigenvalue weighted by molar-refractivity contribution is 7.98. The van der Waals surface area contributed by atoms with Crippen LogP contribution in [-0.4, -0.2) is 4.98 Å². The third-order valence-electron chi connectivity index (χ3n) is 2.13. The van der Waals surface area contributed by atoms with Crippen molar-refractivity contribution in [1.29, 1.82) is 0 Å². The van der Waals surface area contributed by atoms with E-state index in [-0.39, 0.29) is 6.04 Å². The fraction of sp³-hybridized carbons (Fsp3) is 0.250. The third-order valence-corrected chi connectivity index (χ3v) is 4.53. The fourth-order valence-electron chi connectivity index (χ4n) is 1.26. The van der Waals surface area contributed by atoms with Crippen LogP contribution in [0.4, 0.5) is 0 Å². The summed E-state index contributed by atoms with van der Waals surface area (Å²) >= 11 is 3.51. The van der Waals surface area contributed by atoms with Crippen molar-refractivity contribution in [3.05, 3.63) is 46.4 Å². The van der Waals surface area contributed by atoms with E-state index in [1.54, 1.807) is 23.1 Å². The highest BCUT2D eigenvalue weighted by Crippen LogP contribution is 2.26. The monoisotopic (exact) mass is 250 g/mol. The van der Waals surface area contributed by atoms with Crippen molar-refractivity contribution < 1.29 is 0 Å². The van der Waals surface area contributed by atoms with Crippen molar-refractivity contribution in [3.63, 3.8) is 0 Å². The number of nitrogens with two attached hydrogens (primary N) is 1. The van der Waals surface area contributed by atoms with Gasteiger partial charge in [-0.1, -0.05) is 18.2 Å². The first-order valence-corrected chi connectivity index (χ1v) is 6.94. The Hall–Kier alpha value is -0.840. The maximum absolute atomic E-state index is 5.80. The average molecular weight is 250 g/mol. The van der Waals surface area contributed by atoms with Gasteiger partial charge in [-0.05, 0) is 19.1 Å². The molecule has 1 heterocycles. The molecule has 0 radical (unpaired) electrons. The van der Waals surface area contributed by atoms with Crippen molar-refractivity contribution >= 4 is 23.1 Å². The van der Waals surface area contributed by atoms with E-state index in [0.29, 0.717) is 0 Å². The summed E-state index contributed by atoms with van der Waals surface area (Å²) in [6, 6.07) is 10.5. The number of rotatable bonds is 4. The standard InChI is InChI=1S/C12H14N2S2/c1-9(13)11-7-14-12(16-11)8-15-10-5-3-2-4-6-10/h2-7,9H,8,13H2,1H3. The van der Waals surface area contributed by atoms with Crippen molar-refractivity contribution in [2.75, 3.05) is 0 Å². The van der Waals surface area contributed by atoms with E-state index in [2.05, 4.69) is 29.2 Å². The van der Waals surface area contributed by atoms with Gasteiger partial charge in [-0.25, -0.2) is 4.98 Å². The summed E-state index contributed by atoms with van der Waals surface area (Å²) in [6.45, 7) is 1.99. The second kappa shape index (κ2) is 5.48. The molecule has 1 atom stereocenters. The van der Waals surface area contributed by atoms with E-state index in [4.69, 9.17) is 5.73 Å². The summed E-state index contributed by atoms with van der Waals surface area (Å²) in [5, 5.41) is 1.14. The third kappa shape index (κ3) is 3.07. The molecular weight excluding hydrogens is 236 g/mol. The number of hydrogen-bond donors (Lipinski definition) is 1. The van der Waals surface area contributed by atoms with Gasteiger partial charge < -0.3 is 5.73 Å². The molecule has 2 nitrogen and oxygen atoms in total. The highest BCUT2D eigenvalue weighted by Gasteiger charge is 2.05. The summed E-state index contributed by atoms with van der Waals surface area (Å²) < 4.78 is 0. The van der Waals surface area contributed by atoms with Gasteiger partial charge in [-0.15, -0.1) is 23.1 Å². The maximum Gasteiger partial charge on any atom is 0.103 e. The Bertz CT molecular complexity index is 437. The van der Waals surface area contributed by atoms with E-state index in [0.717, 1.165) is 15.6 Å². The average Bonchev–Trinajstić information content (AvgIpc) is 2.76. The molecule has 0 aliphatic carbocycles. The first kappa shape index (κ1) is 11.6. The first-order valence-electron chi connectivity index (χ1n) is 5.14. The SMILES string of the molecule is CC(N)c1cnc(CSc2ccccc2)s1. The van der Waals surface area contributed by atoms with E-state index in [9.17, 15) is 0 Å². The van der Waals surface area contributed by atoms with Crippen LogP contribution in [-0.2, 0) is 5.75 Å². The molecule has 2 N–H and O–H groups in total. The first-order chi connectivity index (χ1) is 7.75. The van der Waals surface area contributed by atoms with E-state index < -0.39 is 0 Å². The van der Waals surface area contributed by atoms with Crippen LogP contribution in [0.1, 0.15) is 22.9 Å². The van der Waals surface area contributed by atoms with Crippen LogP contribution >= 0.6 is 23.1 Å². The van der Waals surface area contributed by atoms with Gasteiger partial charge in [0.2, 0.25) is 0 Å². The zero-order valence-corrected chi connectivity index (χ0v) is 10.7.